The molecule has 1 fully saturated rings. The number of benzene rings is 3. The van der Waals surface area contributed by atoms with Crippen LogP contribution in [0.15, 0.2) is 71.6 Å². The molecule has 10 heteroatoms. The number of nitrogens with zero attached hydrogens (tertiary/aromatic N) is 2. The summed E-state index contributed by atoms with van der Waals surface area (Å²) in [4.78, 5) is 2.56. The molecule has 2 heterocycles. The van der Waals surface area contributed by atoms with Gasteiger partial charge in [-0.15, -0.1) is 0 Å². The van der Waals surface area contributed by atoms with Gasteiger partial charge in [-0.3, -0.25) is 0 Å². The molecule has 45 heavy (non-hydrogen) atoms. The smallest absolute Gasteiger partial charge is 0.243 e. The van der Waals surface area contributed by atoms with Gasteiger partial charge in [-0.2, -0.15) is 4.31 Å². The fraction of sp³-hybridized carbons (Fsp3) is 0.486. The van der Waals surface area contributed by atoms with E-state index in [0.29, 0.717) is 32.7 Å². The summed E-state index contributed by atoms with van der Waals surface area (Å²) in [6.07, 6.45) is 0.673. The summed E-state index contributed by atoms with van der Waals surface area (Å²) in [6, 6.07) is 20.6. The molecule has 0 aromatic heterocycles. The molecule has 0 saturated carbocycles. The highest BCUT2D eigenvalue weighted by Gasteiger charge is 2.43. The van der Waals surface area contributed by atoms with Gasteiger partial charge in [-0.05, 0) is 80.6 Å². The van der Waals surface area contributed by atoms with E-state index < -0.39 is 28.3 Å². The van der Waals surface area contributed by atoms with Gasteiger partial charge < -0.3 is 29.0 Å². The molecule has 0 amide bonds. The Labute approximate surface area is 267 Å². The van der Waals surface area contributed by atoms with Crippen LogP contribution in [0.4, 0.5) is 5.69 Å². The number of aliphatic hydroxyl groups is 1. The van der Waals surface area contributed by atoms with Crippen LogP contribution in [0.3, 0.4) is 0 Å². The van der Waals surface area contributed by atoms with E-state index in [1.807, 2.05) is 55.5 Å². The predicted octanol–water partition coefficient (Wildman–Crippen LogP) is 5.14. The molecule has 9 nitrogen and oxygen atoms in total. The van der Waals surface area contributed by atoms with Crippen molar-refractivity contribution >= 4 is 15.7 Å². The first kappa shape index (κ1) is 33.2. The van der Waals surface area contributed by atoms with Crippen LogP contribution in [0.1, 0.15) is 48.8 Å². The summed E-state index contributed by atoms with van der Waals surface area (Å²) in [7, 11) is -0.497. The van der Waals surface area contributed by atoms with Crippen molar-refractivity contribution in [3.05, 3.63) is 83.4 Å². The Hall–Kier alpha value is -3.15. The zero-order valence-electron chi connectivity index (χ0n) is 26.7. The predicted molar refractivity (Wildman–Crippen MR) is 175 cm³/mol. The number of hydrogen-bond donors (Lipinski definition) is 1. The average molecular weight is 639 g/mol. The molecule has 3 aromatic rings. The second-order valence-corrected chi connectivity index (χ2v) is 14.0. The molecule has 5 rings (SSSR count). The molecule has 0 aliphatic carbocycles. The fourth-order valence-electron chi connectivity index (χ4n) is 6.38. The van der Waals surface area contributed by atoms with Crippen molar-refractivity contribution < 1.29 is 32.5 Å². The SMILES string of the molecule is COCCCN1CCOc2ccc(CO[C@H]3CN(S(=O)(=O)c4ccc(C)cc4)[C@@H](CC(C)O)C[C@@H]3c3ccc(OC)cc3)cc21. The molecule has 2 aliphatic heterocycles. The van der Waals surface area contributed by atoms with E-state index in [0.717, 1.165) is 53.4 Å². The third-order valence-corrected chi connectivity index (χ3v) is 10.7. The highest BCUT2D eigenvalue weighted by Crippen LogP contribution is 2.39. The number of fused-ring (bicyclic) bond motifs is 1. The van der Waals surface area contributed by atoms with Gasteiger partial charge in [0.25, 0.3) is 0 Å². The first-order valence-electron chi connectivity index (χ1n) is 15.7. The standard InChI is InChI=1S/C35H46N2O7S/c1-25-6-13-31(14-7-25)45(39,40)37-23-35(32(22-29(37)20-26(2)38)28-9-11-30(42-4)12-10-28)44-24-27-8-15-34-33(21-27)36(17-19-43-34)16-5-18-41-3/h6-15,21,26,29,32,35,38H,5,16-20,22-24H2,1-4H3/t26?,29-,32+,35-/m0/s1. The first-order valence-corrected chi connectivity index (χ1v) is 17.2. The minimum Gasteiger partial charge on any atom is -0.497 e. The van der Waals surface area contributed by atoms with Gasteiger partial charge in [-0.1, -0.05) is 35.9 Å². The topological polar surface area (TPSA) is 97.8 Å². The maximum atomic E-state index is 14.1. The van der Waals surface area contributed by atoms with Gasteiger partial charge in [0.1, 0.15) is 18.1 Å². The van der Waals surface area contributed by atoms with E-state index in [1.165, 1.54) is 0 Å². The molecule has 3 aromatic carbocycles. The number of sulfonamides is 1. The summed E-state index contributed by atoms with van der Waals surface area (Å²) < 4.78 is 53.0. The van der Waals surface area contributed by atoms with Crippen LogP contribution in [0, 0.1) is 6.92 Å². The number of aliphatic hydroxyl groups excluding tert-OH is 1. The van der Waals surface area contributed by atoms with Crippen molar-refractivity contribution in [2.24, 2.45) is 0 Å². The zero-order valence-corrected chi connectivity index (χ0v) is 27.5. The Morgan fingerprint density at radius 1 is 1.04 bits per heavy atom. The Morgan fingerprint density at radius 2 is 1.80 bits per heavy atom. The normalized spacial score (nSPS) is 21.2. The molecule has 1 unspecified atom stereocenters. The van der Waals surface area contributed by atoms with Crippen LogP contribution >= 0.6 is 0 Å². The van der Waals surface area contributed by atoms with Crippen LogP contribution in [-0.2, 0) is 26.1 Å². The molecule has 1 N–H and O–H groups in total. The van der Waals surface area contributed by atoms with Gasteiger partial charge in [0.05, 0.1) is 43.1 Å². The highest BCUT2D eigenvalue weighted by molar-refractivity contribution is 7.89. The lowest BCUT2D eigenvalue weighted by Crippen LogP contribution is -2.53. The maximum Gasteiger partial charge on any atom is 0.243 e. The van der Waals surface area contributed by atoms with Crippen LogP contribution in [-0.4, -0.2) is 83.1 Å². The number of methoxy groups -OCH3 is 2. The fourth-order valence-corrected chi connectivity index (χ4v) is 8.04. The Bertz CT molecular complexity index is 1500. The zero-order chi connectivity index (χ0) is 32.0. The van der Waals surface area contributed by atoms with Crippen LogP contribution in [0.2, 0.25) is 0 Å². The van der Waals surface area contributed by atoms with Gasteiger partial charge in [0.15, 0.2) is 0 Å². The molecule has 0 spiro atoms. The lowest BCUT2D eigenvalue weighted by atomic mass is 9.82. The molecular formula is C35H46N2O7S. The third kappa shape index (κ3) is 7.99. The largest absolute Gasteiger partial charge is 0.497 e. The Kier molecular flexibility index (Phi) is 11.0. The molecule has 0 radical (unpaired) electrons. The van der Waals surface area contributed by atoms with E-state index in [1.54, 1.807) is 37.6 Å². The minimum absolute atomic E-state index is 0.0874. The number of hydrogen-bond acceptors (Lipinski definition) is 8. The number of piperidine rings is 1. The van der Waals surface area contributed by atoms with E-state index >= 15 is 0 Å². The number of anilines is 1. The second-order valence-electron chi connectivity index (χ2n) is 12.1. The van der Waals surface area contributed by atoms with Gasteiger partial charge in [-0.25, -0.2) is 8.42 Å². The minimum atomic E-state index is -3.85. The van der Waals surface area contributed by atoms with Crippen LogP contribution < -0.4 is 14.4 Å². The Balaban J connectivity index is 1.44. The summed E-state index contributed by atoms with van der Waals surface area (Å²) in [5.74, 6) is 1.52. The van der Waals surface area contributed by atoms with Crippen molar-refractivity contribution in [1.82, 2.24) is 4.31 Å². The van der Waals surface area contributed by atoms with Crippen molar-refractivity contribution in [3.8, 4) is 11.5 Å². The van der Waals surface area contributed by atoms with Crippen LogP contribution in [0.25, 0.3) is 0 Å². The molecule has 244 valence electrons. The summed E-state index contributed by atoms with van der Waals surface area (Å²) >= 11 is 0. The number of rotatable bonds is 13. The van der Waals surface area contributed by atoms with Crippen LogP contribution in [0.5, 0.6) is 11.5 Å². The third-order valence-electron chi connectivity index (χ3n) is 8.75. The average Bonchev–Trinajstić information content (AvgIpc) is 3.04. The number of aryl methyl sites for hydroxylation is 1. The molecule has 4 atom stereocenters. The summed E-state index contributed by atoms with van der Waals surface area (Å²) in [6.45, 7) is 7.13. The van der Waals surface area contributed by atoms with Gasteiger partial charge in [0, 0.05) is 38.8 Å². The van der Waals surface area contributed by atoms with E-state index in [-0.39, 0.29) is 17.4 Å². The Morgan fingerprint density at radius 3 is 2.49 bits per heavy atom. The molecule has 0 bridgehead atoms. The monoisotopic (exact) mass is 638 g/mol. The molecule has 2 aliphatic rings. The molecular weight excluding hydrogens is 592 g/mol. The summed E-state index contributed by atoms with van der Waals surface area (Å²) in [5, 5.41) is 10.4. The second kappa shape index (κ2) is 15.0. The quantitative estimate of drug-likeness (QED) is 0.257. The highest BCUT2D eigenvalue weighted by atomic mass is 32.2. The lowest BCUT2D eigenvalue weighted by molar-refractivity contribution is -0.0254. The van der Waals surface area contributed by atoms with Crippen molar-refractivity contribution in [1.29, 1.82) is 0 Å². The van der Waals surface area contributed by atoms with Crippen molar-refractivity contribution in [2.75, 3.05) is 52.0 Å². The van der Waals surface area contributed by atoms with E-state index in [9.17, 15) is 13.5 Å². The van der Waals surface area contributed by atoms with Crippen molar-refractivity contribution in [3.63, 3.8) is 0 Å². The number of ether oxygens (including phenoxy) is 4. The lowest BCUT2D eigenvalue weighted by Gasteiger charge is -2.44. The van der Waals surface area contributed by atoms with E-state index in [2.05, 4.69) is 11.0 Å². The van der Waals surface area contributed by atoms with Crippen molar-refractivity contribution in [2.45, 2.75) is 68.8 Å². The van der Waals surface area contributed by atoms with Gasteiger partial charge in [0.2, 0.25) is 10.0 Å². The molecule has 1 saturated heterocycles. The van der Waals surface area contributed by atoms with E-state index in [4.69, 9.17) is 18.9 Å². The first-order chi connectivity index (χ1) is 21.7. The maximum absolute atomic E-state index is 14.1. The van der Waals surface area contributed by atoms with Gasteiger partial charge >= 0.3 is 0 Å². The summed E-state index contributed by atoms with van der Waals surface area (Å²) in [5.41, 5.74) is 4.06.